The smallest absolute Gasteiger partial charge is 0.311 e. The van der Waals surface area contributed by atoms with Crippen molar-refractivity contribution in [1.82, 2.24) is 15.1 Å². The lowest BCUT2D eigenvalue weighted by atomic mass is 10.2. The number of para-hydroxylation sites is 1. The third-order valence-electron chi connectivity index (χ3n) is 4.88. The number of amides is 1. The van der Waals surface area contributed by atoms with Crippen LogP contribution < -0.4 is 9.64 Å². The largest absolute Gasteiger partial charge is 0.496 e. The number of hydrogen-bond donors (Lipinski definition) is 0. The molecule has 1 aromatic heterocycles. The molecule has 28 heavy (non-hydrogen) atoms. The van der Waals surface area contributed by atoms with Crippen molar-refractivity contribution in [3.05, 3.63) is 60.0 Å². The molecule has 144 valence electrons. The van der Waals surface area contributed by atoms with Gasteiger partial charge in [0.25, 0.3) is 5.89 Å². The van der Waals surface area contributed by atoms with Crippen LogP contribution in [0.2, 0.25) is 0 Å². The van der Waals surface area contributed by atoms with Crippen molar-refractivity contribution >= 4 is 11.6 Å². The third kappa shape index (κ3) is 3.55. The zero-order valence-electron chi connectivity index (χ0n) is 16.0. The van der Waals surface area contributed by atoms with Crippen molar-refractivity contribution in [3.8, 4) is 17.2 Å². The number of methoxy groups -OCH3 is 1. The monoisotopic (exact) mass is 378 g/mol. The first-order valence-electron chi connectivity index (χ1n) is 9.23. The number of ether oxygens (including phenoxy) is 1. The Morgan fingerprint density at radius 2 is 1.82 bits per heavy atom. The van der Waals surface area contributed by atoms with Crippen molar-refractivity contribution < 1.29 is 13.9 Å². The fraction of sp³-hybridized carbons (Fsp3) is 0.286. The van der Waals surface area contributed by atoms with E-state index in [-0.39, 0.29) is 17.7 Å². The summed E-state index contributed by atoms with van der Waals surface area (Å²) in [4.78, 5) is 16.8. The quantitative estimate of drug-likeness (QED) is 0.695. The molecule has 7 heteroatoms. The number of aromatic nitrogens is 2. The number of carbonyl (C=O) groups is 1. The maximum absolute atomic E-state index is 12.8. The van der Waals surface area contributed by atoms with E-state index in [0.29, 0.717) is 24.4 Å². The average molecular weight is 378 g/mol. The molecule has 1 saturated heterocycles. The van der Waals surface area contributed by atoms with Crippen molar-refractivity contribution in [2.75, 3.05) is 38.2 Å². The normalized spacial score (nSPS) is 14.2. The summed E-state index contributed by atoms with van der Waals surface area (Å²) in [6, 6.07) is 15.7. The fourth-order valence-corrected chi connectivity index (χ4v) is 3.37. The molecule has 1 amide bonds. The maximum Gasteiger partial charge on any atom is 0.311 e. The predicted molar refractivity (Wildman–Crippen MR) is 106 cm³/mol. The molecule has 0 saturated carbocycles. The van der Waals surface area contributed by atoms with Crippen LogP contribution in [0, 0.1) is 6.92 Å². The summed E-state index contributed by atoms with van der Waals surface area (Å²) in [6.07, 6.45) is 0. The summed E-state index contributed by atoms with van der Waals surface area (Å²) in [5, 5.41) is 7.98. The number of carbonyl (C=O) groups excluding carboxylic acids is 1. The first-order valence-corrected chi connectivity index (χ1v) is 9.23. The molecular weight excluding hydrogens is 356 g/mol. The maximum atomic E-state index is 12.8. The molecule has 2 aromatic carbocycles. The molecule has 0 aliphatic carbocycles. The van der Waals surface area contributed by atoms with E-state index in [4.69, 9.17) is 9.15 Å². The van der Waals surface area contributed by atoms with Gasteiger partial charge in [-0.1, -0.05) is 24.3 Å². The highest BCUT2D eigenvalue weighted by molar-refractivity contribution is 5.90. The number of anilines is 1. The molecule has 0 spiro atoms. The van der Waals surface area contributed by atoms with E-state index in [2.05, 4.69) is 46.3 Å². The number of rotatable bonds is 4. The van der Waals surface area contributed by atoms with Gasteiger partial charge in [-0.2, -0.15) is 0 Å². The van der Waals surface area contributed by atoms with Crippen LogP contribution in [0.15, 0.2) is 52.9 Å². The van der Waals surface area contributed by atoms with Gasteiger partial charge in [0.15, 0.2) is 0 Å². The summed E-state index contributed by atoms with van der Waals surface area (Å²) in [5.41, 5.74) is 3.08. The predicted octanol–water partition coefficient (Wildman–Crippen LogP) is 3.02. The Kier molecular flexibility index (Phi) is 4.97. The molecule has 1 fully saturated rings. The van der Waals surface area contributed by atoms with Gasteiger partial charge < -0.3 is 19.0 Å². The van der Waals surface area contributed by atoms with Crippen molar-refractivity contribution in [2.45, 2.75) is 6.92 Å². The van der Waals surface area contributed by atoms with Gasteiger partial charge in [-0.3, -0.25) is 4.79 Å². The lowest BCUT2D eigenvalue weighted by molar-refractivity contribution is 0.0707. The summed E-state index contributed by atoms with van der Waals surface area (Å²) in [6.45, 7) is 4.84. The lowest BCUT2D eigenvalue weighted by Crippen LogP contribution is -2.48. The van der Waals surface area contributed by atoms with E-state index < -0.39 is 0 Å². The Hall–Kier alpha value is -3.35. The van der Waals surface area contributed by atoms with E-state index in [1.165, 1.54) is 11.3 Å². The highest BCUT2D eigenvalue weighted by Gasteiger charge is 2.27. The number of hydrogen-bond acceptors (Lipinski definition) is 6. The fourth-order valence-electron chi connectivity index (χ4n) is 3.37. The standard InChI is InChI=1S/C21H22N4O3/c1-15-6-5-7-16(14-15)24-10-12-25(13-11-24)21(26)20-23-22-19(28-20)17-8-3-4-9-18(17)27-2/h3-9,14H,10-13H2,1-2H3. The van der Waals surface area contributed by atoms with E-state index in [1.807, 2.05) is 24.3 Å². The summed E-state index contributed by atoms with van der Waals surface area (Å²) in [7, 11) is 1.58. The second kappa shape index (κ2) is 7.72. The second-order valence-corrected chi connectivity index (χ2v) is 6.73. The van der Waals surface area contributed by atoms with Crippen molar-refractivity contribution in [2.24, 2.45) is 0 Å². The van der Waals surface area contributed by atoms with Crippen LogP contribution in [0.3, 0.4) is 0 Å². The summed E-state index contributed by atoms with van der Waals surface area (Å²) >= 11 is 0. The Bertz CT molecular complexity index is 977. The molecule has 0 unspecified atom stereocenters. The molecule has 3 aromatic rings. The van der Waals surface area contributed by atoms with Crippen LogP contribution in [0.25, 0.3) is 11.5 Å². The van der Waals surface area contributed by atoms with Gasteiger partial charge in [0.2, 0.25) is 0 Å². The SMILES string of the molecule is COc1ccccc1-c1nnc(C(=O)N2CCN(c3cccc(C)c3)CC2)o1. The van der Waals surface area contributed by atoms with Crippen LogP contribution >= 0.6 is 0 Å². The number of nitrogens with zero attached hydrogens (tertiary/aromatic N) is 4. The minimum absolute atomic E-state index is 0.00455. The van der Waals surface area contributed by atoms with Gasteiger partial charge in [-0.05, 0) is 36.8 Å². The Morgan fingerprint density at radius 3 is 2.57 bits per heavy atom. The molecule has 0 radical (unpaired) electrons. The molecule has 7 nitrogen and oxygen atoms in total. The second-order valence-electron chi connectivity index (χ2n) is 6.73. The van der Waals surface area contributed by atoms with E-state index in [1.54, 1.807) is 12.0 Å². The van der Waals surface area contributed by atoms with Gasteiger partial charge in [-0.15, -0.1) is 10.2 Å². The van der Waals surface area contributed by atoms with Gasteiger partial charge in [0, 0.05) is 31.9 Å². The van der Waals surface area contributed by atoms with Gasteiger partial charge in [-0.25, -0.2) is 0 Å². The number of piperazine rings is 1. The highest BCUT2D eigenvalue weighted by Crippen LogP contribution is 2.28. The summed E-state index contributed by atoms with van der Waals surface area (Å²) in [5.74, 6) is 0.665. The van der Waals surface area contributed by atoms with Gasteiger partial charge in [0.1, 0.15) is 5.75 Å². The van der Waals surface area contributed by atoms with Crippen molar-refractivity contribution in [3.63, 3.8) is 0 Å². The zero-order valence-corrected chi connectivity index (χ0v) is 16.0. The van der Waals surface area contributed by atoms with Crippen LogP contribution in [0.4, 0.5) is 5.69 Å². The topological polar surface area (TPSA) is 71.7 Å². The molecule has 1 aliphatic rings. The number of benzene rings is 2. The van der Waals surface area contributed by atoms with E-state index >= 15 is 0 Å². The first kappa shape index (κ1) is 18.0. The van der Waals surface area contributed by atoms with Gasteiger partial charge >= 0.3 is 11.8 Å². The van der Waals surface area contributed by atoms with Crippen molar-refractivity contribution in [1.29, 1.82) is 0 Å². The molecule has 0 N–H and O–H groups in total. The lowest BCUT2D eigenvalue weighted by Gasteiger charge is -2.35. The average Bonchev–Trinajstić information content (AvgIpc) is 3.23. The molecule has 4 rings (SSSR count). The zero-order chi connectivity index (χ0) is 19.5. The van der Waals surface area contributed by atoms with Crippen LogP contribution in [-0.2, 0) is 0 Å². The Balaban J connectivity index is 1.44. The molecular formula is C21H22N4O3. The third-order valence-corrected chi connectivity index (χ3v) is 4.88. The van der Waals surface area contributed by atoms with E-state index in [0.717, 1.165) is 13.1 Å². The van der Waals surface area contributed by atoms with Crippen LogP contribution in [0.1, 0.15) is 16.2 Å². The minimum atomic E-state index is -0.238. The Morgan fingerprint density at radius 1 is 1.04 bits per heavy atom. The van der Waals surface area contributed by atoms with Crippen LogP contribution in [0.5, 0.6) is 5.75 Å². The van der Waals surface area contributed by atoms with Gasteiger partial charge in [0.05, 0.1) is 12.7 Å². The molecule has 0 bridgehead atoms. The highest BCUT2D eigenvalue weighted by atomic mass is 16.5. The van der Waals surface area contributed by atoms with Crippen LogP contribution in [-0.4, -0.2) is 54.3 Å². The molecule has 1 aliphatic heterocycles. The number of aryl methyl sites for hydroxylation is 1. The molecule has 0 atom stereocenters. The summed E-state index contributed by atoms with van der Waals surface area (Å²) < 4.78 is 11.0. The molecule has 2 heterocycles. The van der Waals surface area contributed by atoms with E-state index in [9.17, 15) is 4.79 Å². The Labute approximate surface area is 163 Å². The minimum Gasteiger partial charge on any atom is -0.496 e. The first-order chi connectivity index (χ1) is 13.7.